The zero-order chi connectivity index (χ0) is 17.5. The molecule has 126 valence electrons. The van der Waals surface area contributed by atoms with Crippen molar-refractivity contribution in [3.8, 4) is 0 Å². The number of Topliss-reactive ketones (excluding diaryl/α,β-unsaturated/α-hetero) is 1. The Morgan fingerprint density at radius 1 is 1.29 bits per heavy atom. The van der Waals surface area contributed by atoms with Gasteiger partial charge in [-0.05, 0) is 13.0 Å². The lowest BCUT2D eigenvalue weighted by Gasteiger charge is -2.06. The number of thioether (sulfide) groups is 1. The number of aromatic amines is 1. The van der Waals surface area contributed by atoms with Gasteiger partial charge in [-0.3, -0.25) is 4.79 Å². The molecule has 2 aromatic heterocycles. The number of hydrogen-bond acceptors (Lipinski definition) is 4. The minimum Gasteiger partial charge on any atom is -0.358 e. The summed E-state index contributed by atoms with van der Waals surface area (Å²) in [6, 6.07) is 7.39. The SMILES string of the molecule is Cc1[nH]c2ccccc2c1C(=O)CSc1nnc(C(F)(F)F)n1C. The van der Waals surface area contributed by atoms with Crippen LogP contribution in [0.25, 0.3) is 10.9 Å². The maximum Gasteiger partial charge on any atom is 0.451 e. The minimum absolute atomic E-state index is 0.0213. The fourth-order valence-electron chi connectivity index (χ4n) is 2.53. The molecule has 0 radical (unpaired) electrons. The second kappa shape index (κ2) is 5.97. The number of benzene rings is 1. The van der Waals surface area contributed by atoms with Gasteiger partial charge in [0, 0.05) is 29.2 Å². The number of para-hydroxylation sites is 1. The number of fused-ring (bicyclic) bond motifs is 1. The molecule has 0 saturated carbocycles. The lowest BCUT2D eigenvalue weighted by atomic mass is 10.1. The first-order valence-corrected chi connectivity index (χ1v) is 7.97. The topological polar surface area (TPSA) is 63.6 Å². The van der Waals surface area contributed by atoms with Crippen LogP contribution in [0.1, 0.15) is 21.9 Å². The van der Waals surface area contributed by atoms with Crippen LogP contribution in [0.2, 0.25) is 0 Å². The van der Waals surface area contributed by atoms with Crippen LogP contribution in [0.3, 0.4) is 0 Å². The van der Waals surface area contributed by atoms with Crippen molar-refractivity contribution in [2.75, 3.05) is 5.75 Å². The minimum atomic E-state index is -4.57. The molecule has 3 aromatic rings. The molecule has 0 spiro atoms. The Morgan fingerprint density at radius 3 is 2.67 bits per heavy atom. The maximum absolute atomic E-state index is 12.7. The molecule has 0 atom stereocenters. The van der Waals surface area contributed by atoms with E-state index in [1.807, 2.05) is 24.3 Å². The number of hydrogen-bond donors (Lipinski definition) is 1. The number of nitrogens with one attached hydrogen (secondary N) is 1. The maximum atomic E-state index is 12.7. The van der Waals surface area contributed by atoms with Gasteiger partial charge in [-0.25, -0.2) is 0 Å². The van der Waals surface area contributed by atoms with E-state index in [-0.39, 0.29) is 16.7 Å². The molecule has 0 amide bonds. The molecular weight excluding hydrogens is 341 g/mol. The molecule has 24 heavy (non-hydrogen) atoms. The molecular formula is C15H13F3N4OS. The van der Waals surface area contributed by atoms with Crippen LogP contribution in [0.5, 0.6) is 0 Å². The third kappa shape index (κ3) is 2.91. The quantitative estimate of drug-likeness (QED) is 0.574. The molecule has 0 bridgehead atoms. The number of H-pyrrole nitrogens is 1. The normalized spacial score (nSPS) is 12.0. The summed E-state index contributed by atoms with van der Waals surface area (Å²) in [5.74, 6) is -1.28. The van der Waals surface area contributed by atoms with Crippen LogP contribution in [0, 0.1) is 6.92 Å². The zero-order valence-corrected chi connectivity index (χ0v) is 13.6. The highest BCUT2D eigenvalue weighted by molar-refractivity contribution is 7.99. The third-order valence-electron chi connectivity index (χ3n) is 3.59. The predicted molar refractivity (Wildman–Crippen MR) is 84.1 cm³/mol. The van der Waals surface area contributed by atoms with Gasteiger partial charge in [0.1, 0.15) is 0 Å². The van der Waals surface area contributed by atoms with Crippen molar-refractivity contribution in [3.05, 3.63) is 41.3 Å². The molecule has 0 unspecified atom stereocenters. The van der Waals surface area contributed by atoms with E-state index in [9.17, 15) is 18.0 Å². The van der Waals surface area contributed by atoms with Crippen molar-refractivity contribution in [2.24, 2.45) is 7.05 Å². The standard InChI is InChI=1S/C15H13F3N4OS/c1-8-12(9-5-3-4-6-10(9)19-8)11(23)7-24-14-21-20-13(22(14)2)15(16,17)18/h3-6,19H,7H2,1-2H3. The molecule has 9 heteroatoms. The van der Waals surface area contributed by atoms with Crippen molar-refractivity contribution < 1.29 is 18.0 Å². The van der Waals surface area contributed by atoms with Crippen molar-refractivity contribution in [2.45, 2.75) is 18.3 Å². The van der Waals surface area contributed by atoms with E-state index >= 15 is 0 Å². The Hall–Kier alpha value is -2.29. The first-order valence-electron chi connectivity index (χ1n) is 6.99. The summed E-state index contributed by atoms with van der Waals surface area (Å²) in [5, 5.41) is 7.51. The monoisotopic (exact) mass is 354 g/mol. The average molecular weight is 354 g/mol. The smallest absolute Gasteiger partial charge is 0.358 e. The van der Waals surface area contributed by atoms with Crippen LogP contribution < -0.4 is 0 Å². The molecule has 3 rings (SSSR count). The van der Waals surface area contributed by atoms with Gasteiger partial charge in [0.2, 0.25) is 5.82 Å². The second-order valence-corrected chi connectivity index (χ2v) is 6.19. The van der Waals surface area contributed by atoms with Crippen molar-refractivity contribution >= 4 is 28.4 Å². The summed E-state index contributed by atoms with van der Waals surface area (Å²) in [6.45, 7) is 1.79. The summed E-state index contributed by atoms with van der Waals surface area (Å²) in [7, 11) is 1.23. The first kappa shape index (κ1) is 16.6. The zero-order valence-electron chi connectivity index (χ0n) is 12.8. The number of alkyl halides is 3. The highest BCUT2D eigenvalue weighted by Crippen LogP contribution is 2.30. The third-order valence-corrected chi connectivity index (χ3v) is 4.61. The van der Waals surface area contributed by atoms with Gasteiger partial charge in [-0.2, -0.15) is 13.2 Å². The average Bonchev–Trinajstić information content (AvgIpc) is 3.03. The Morgan fingerprint density at radius 2 is 2.00 bits per heavy atom. The lowest BCUT2D eigenvalue weighted by Crippen LogP contribution is -2.13. The van der Waals surface area contributed by atoms with Crippen LogP contribution in [0.15, 0.2) is 29.4 Å². The number of rotatable bonds is 4. The van der Waals surface area contributed by atoms with Gasteiger partial charge in [0.25, 0.3) is 0 Å². The highest BCUT2D eigenvalue weighted by atomic mass is 32.2. The van der Waals surface area contributed by atoms with Gasteiger partial charge in [0.05, 0.1) is 5.75 Å². The summed E-state index contributed by atoms with van der Waals surface area (Å²) < 4.78 is 39.0. The van der Waals surface area contributed by atoms with Crippen molar-refractivity contribution in [3.63, 3.8) is 0 Å². The summed E-state index contributed by atoms with van der Waals surface area (Å²) in [6.07, 6.45) is -4.57. The van der Waals surface area contributed by atoms with Crippen LogP contribution in [-0.2, 0) is 13.2 Å². The van der Waals surface area contributed by atoms with E-state index in [1.54, 1.807) is 6.92 Å². The van der Waals surface area contributed by atoms with E-state index in [0.717, 1.165) is 32.9 Å². The molecule has 0 aliphatic carbocycles. The van der Waals surface area contributed by atoms with Gasteiger partial charge in [0.15, 0.2) is 10.9 Å². The number of aromatic nitrogens is 4. The summed E-state index contributed by atoms with van der Waals surface area (Å²) in [5.41, 5.74) is 2.13. The van der Waals surface area contributed by atoms with E-state index in [1.165, 1.54) is 7.05 Å². The molecule has 2 heterocycles. The highest BCUT2D eigenvalue weighted by Gasteiger charge is 2.37. The summed E-state index contributed by atoms with van der Waals surface area (Å²) >= 11 is 0.934. The molecule has 0 aliphatic heterocycles. The van der Waals surface area contributed by atoms with Crippen LogP contribution in [-0.4, -0.2) is 31.3 Å². The first-order chi connectivity index (χ1) is 11.3. The molecule has 1 N–H and O–H groups in total. The van der Waals surface area contributed by atoms with E-state index in [0.29, 0.717) is 5.56 Å². The molecule has 0 aliphatic rings. The fourth-order valence-corrected chi connectivity index (χ4v) is 3.31. The van der Waals surface area contributed by atoms with Gasteiger partial charge in [-0.15, -0.1) is 10.2 Å². The molecule has 5 nitrogen and oxygen atoms in total. The molecule has 0 saturated heterocycles. The molecule has 1 aromatic carbocycles. The number of carbonyl (C=O) groups is 1. The number of aryl methyl sites for hydroxylation is 1. The number of halogens is 3. The number of nitrogens with zero attached hydrogens (tertiary/aromatic N) is 3. The van der Waals surface area contributed by atoms with E-state index in [4.69, 9.17) is 0 Å². The second-order valence-electron chi connectivity index (χ2n) is 5.25. The number of ketones is 1. The predicted octanol–water partition coefficient (Wildman–Crippen LogP) is 3.60. The van der Waals surface area contributed by atoms with Gasteiger partial charge in [-0.1, -0.05) is 30.0 Å². The Labute approximate surface area is 139 Å². The Balaban J connectivity index is 1.81. The van der Waals surface area contributed by atoms with Crippen LogP contribution >= 0.6 is 11.8 Å². The lowest BCUT2D eigenvalue weighted by molar-refractivity contribution is -0.147. The van der Waals surface area contributed by atoms with Gasteiger partial charge >= 0.3 is 6.18 Å². The van der Waals surface area contributed by atoms with E-state index in [2.05, 4.69) is 15.2 Å². The van der Waals surface area contributed by atoms with Crippen molar-refractivity contribution in [1.29, 1.82) is 0 Å². The van der Waals surface area contributed by atoms with Gasteiger partial charge < -0.3 is 9.55 Å². The number of carbonyl (C=O) groups excluding carboxylic acids is 1. The summed E-state index contributed by atoms with van der Waals surface area (Å²) in [4.78, 5) is 15.6. The van der Waals surface area contributed by atoms with E-state index < -0.39 is 12.0 Å². The Kier molecular flexibility index (Phi) is 4.12. The largest absolute Gasteiger partial charge is 0.451 e. The van der Waals surface area contributed by atoms with Crippen molar-refractivity contribution in [1.82, 2.24) is 19.7 Å². The Bertz CT molecular complexity index is 913. The fraction of sp³-hybridized carbons (Fsp3) is 0.267. The molecule has 0 fully saturated rings. The van der Waals surface area contributed by atoms with Crippen LogP contribution in [0.4, 0.5) is 13.2 Å².